The highest BCUT2D eigenvalue weighted by molar-refractivity contribution is 5.38. The number of nitrogens with two attached hydrogens (primary N) is 1. The van der Waals surface area contributed by atoms with Gasteiger partial charge in [-0.05, 0) is 56.5 Å². The molecule has 2 N–H and O–H groups in total. The summed E-state index contributed by atoms with van der Waals surface area (Å²) >= 11 is 0. The van der Waals surface area contributed by atoms with Crippen molar-refractivity contribution < 1.29 is 4.74 Å². The Labute approximate surface area is 145 Å². The fraction of sp³-hybridized carbons (Fsp3) is 0.429. The number of aryl methyl sites for hydroxylation is 1. The molecule has 0 spiro atoms. The average molecular weight is 324 g/mol. The first-order valence-electron chi connectivity index (χ1n) is 8.67. The van der Waals surface area contributed by atoms with Gasteiger partial charge in [0.1, 0.15) is 11.4 Å². The van der Waals surface area contributed by atoms with Crippen LogP contribution in [0.15, 0.2) is 42.5 Å². The second-order valence-electron chi connectivity index (χ2n) is 7.72. The quantitative estimate of drug-likeness (QED) is 0.916. The lowest BCUT2D eigenvalue weighted by atomic mass is 10.0. The molecule has 128 valence electrons. The summed E-state index contributed by atoms with van der Waals surface area (Å²) in [6.07, 6.45) is 0. The van der Waals surface area contributed by atoms with Crippen LogP contribution in [0.2, 0.25) is 0 Å². The highest BCUT2D eigenvalue weighted by Crippen LogP contribution is 2.35. The maximum Gasteiger partial charge on any atom is 0.120 e. The Morgan fingerprint density at radius 3 is 2.46 bits per heavy atom. The molecule has 3 nitrogen and oxygen atoms in total. The lowest BCUT2D eigenvalue weighted by Crippen LogP contribution is -2.27. The number of fused-ring (bicyclic) bond motifs is 1. The van der Waals surface area contributed by atoms with Gasteiger partial charge in [0.25, 0.3) is 0 Å². The van der Waals surface area contributed by atoms with Crippen molar-refractivity contribution in [2.75, 3.05) is 6.54 Å². The first-order chi connectivity index (χ1) is 11.4. The Morgan fingerprint density at radius 2 is 1.83 bits per heavy atom. The van der Waals surface area contributed by atoms with Crippen molar-refractivity contribution in [1.82, 2.24) is 4.90 Å². The lowest BCUT2D eigenvalue weighted by molar-refractivity contribution is 0.131. The summed E-state index contributed by atoms with van der Waals surface area (Å²) in [5.74, 6) is 0.918. The van der Waals surface area contributed by atoms with Crippen molar-refractivity contribution in [2.45, 2.75) is 52.4 Å². The summed E-state index contributed by atoms with van der Waals surface area (Å²) in [5, 5.41) is 0. The van der Waals surface area contributed by atoms with Crippen LogP contribution in [0, 0.1) is 6.92 Å². The Hall–Kier alpha value is -1.84. The molecule has 1 aliphatic rings. The van der Waals surface area contributed by atoms with Crippen molar-refractivity contribution in [1.29, 1.82) is 0 Å². The van der Waals surface area contributed by atoms with Gasteiger partial charge in [0.05, 0.1) is 0 Å². The lowest BCUT2D eigenvalue weighted by Gasteiger charge is -2.24. The van der Waals surface area contributed by atoms with E-state index in [1.807, 2.05) is 0 Å². The Kier molecular flexibility index (Phi) is 4.66. The third kappa shape index (κ3) is 3.80. The molecule has 24 heavy (non-hydrogen) atoms. The maximum atomic E-state index is 6.07. The zero-order chi connectivity index (χ0) is 17.3. The van der Waals surface area contributed by atoms with Crippen LogP contribution >= 0.6 is 0 Å². The SMILES string of the molecule is Cc1ccc2c(c1)C(CN)N(Cc1ccc(OC(C)(C)C)cc1)C2. The summed E-state index contributed by atoms with van der Waals surface area (Å²) in [6, 6.07) is 15.5. The molecular weight excluding hydrogens is 296 g/mol. The molecule has 1 atom stereocenters. The second kappa shape index (κ2) is 6.58. The molecule has 3 rings (SSSR count). The number of hydrogen-bond acceptors (Lipinski definition) is 3. The van der Waals surface area contributed by atoms with Crippen LogP contribution in [-0.4, -0.2) is 17.0 Å². The normalized spacial score (nSPS) is 17.8. The van der Waals surface area contributed by atoms with Gasteiger partial charge < -0.3 is 10.5 Å². The van der Waals surface area contributed by atoms with Crippen LogP contribution < -0.4 is 10.5 Å². The van der Waals surface area contributed by atoms with Gasteiger partial charge in [-0.25, -0.2) is 0 Å². The van der Waals surface area contributed by atoms with E-state index in [1.54, 1.807) is 0 Å². The van der Waals surface area contributed by atoms with Gasteiger partial charge in [-0.15, -0.1) is 0 Å². The molecule has 2 aromatic carbocycles. The van der Waals surface area contributed by atoms with E-state index in [0.717, 1.165) is 18.8 Å². The van der Waals surface area contributed by atoms with Gasteiger partial charge in [0.2, 0.25) is 0 Å². The van der Waals surface area contributed by atoms with Crippen LogP contribution in [0.25, 0.3) is 0 Å². The minimum absolute atomic E-state index is 0.166. The molecule has 0 fully saturated rings. The van der Waals surface area contributed by atoms with Crippen LogP contribution in [0.5, 0.6) is 5.75 Å². The van der Waals surface area contributed by atoms with Gasteiger partial charge in [-0.1, -0.05) is 35.9 Å². The standard InChI is InChI=1S/C21H28N2O/c1-15-5-8-17-14-23(20(12-22)19(17)11-15)13-16-6-9-18(10-7-16)24-21(2,3)4/h5-11,20H,12-14,22H2,1-4H3. The number of benzene rings is 2. The van der Waals surface area contributed by atoms with Crippen LogP contribution in [0.3, 0.4) is 0 Å². The Bertz CT molecular complexity index is 701. The molecule has 0 aliphatic carbocycles. The van der Waals surface area contributed by atoms with Gasteiger partial charge in [-0.3, -0.25) is 4.90 Å². The summed E-state index contributed by atoms with van der Waals surface area (Å²) in [6.45, 7) is 10.9. The zero-order valence-electron chi connectivity index (χ0n) is 15.2. The monoisotopic (exact) mass is 324 g/mol. The van der Waals surface area contributed by atoms with E-state index >= 15 is 0 Å². The van der Waals surface area contributed by atoms with Gasteiger partial charge in [-0.2, -0.15) is 0 Å². The van der Waals surface area contributed by atoms with E-state index in [2.05, 4.69) is 75.1 Å². The minimum Gasteiger partial charge on any atom is -0.488 e. The third-order valence-electron chi connectivity index (χ3n) is 4.43. The molecule has 3 heteroatoms. The van der Waals surface area contributed by atoms with Crippen molar-refractivity contribution in [3.05, 3.63) is 64.7 Å². The van der Waals surface area contributed by atoms with Crippen LogP contribution in [-0.2, 0) is 13.1 Å². The van der Waals surface area contributed by atoms with Crippen molar-refractivity contribution in [3.63, 3.8) is 0 Å². The number of ether oxygens (including phenoxy) is 1. The second-order valence-corrected chi connectivity index (χ2v) is 7.72. The van der Waals surface area contributed by atoms with E-state index in [1.165, 1.54) is 22.3 Å². The number of rotatable bonds is 4. The maximum absolute atomic E-state index is 6.07. The molecule has 0 amide bonds. The largest absolute Gasteiger partial charge is 0.488 e. The predicted octanol–water partition coefficient (Wildman–Crippen LogP) is 4.19. The van der Waals surface area contributed by atoms with Crippen LogP contribution in [0.1, 0.15) is 49.1 Å². The smallest absolute Gasteiger partial charge is 0.120 e. The zero-order valence-corrected chi connectivity index (χ0v) is 15.2. The highest BCUT2D eigenvalue weighted by Gasteiger charge is 2.28. The molecule has 2 aromatic rings. The van der Waals surface area contributed by atoms with Crippen molar-refractivity contribution >= 4 is 0 Å². The van der Waals surface area contributed by atoms with Crippen LogP contribution in [0.4, 0.5) is 0 Å². The average Bonchev–Trinajstić information content (AvgIpc) is 2.84. The van der Waals surface area contributed by atoms with E-state index < -0.39 is 0 Å². The molecule has 1 unspecified atom stereocenters. The Morgan fingerprint density at radius 1 is 1.12 bits per heavy atom. The first kappa shape index (κ1) is 17.0. The topological polar surface area (TPSA) is 38.5 Å². The summed E-state index contributed by atoms with van der Waals surface area (Å²) in [7, 11) is 0. The number of hydrogen-bond donors (Lipinski definition) is 1. The van der Waals surface area contributed by atoms with E-state index in [4.69, 9.17) is 10.5 Å². The molecule has 1 aliphatic heterocycles. The fourth-order valence-electron chi connectivity index (χ4n) is 3.39. The first-order valence-corrected chi connectivity index (χ1v) is 8.67. The third-order valence-corrected chi connectivity index (χ3v) is 4.43. The molecule has 0 bridgehead atoms. The van der Waals surface area contributed by atoms with Gasteiger partial charge >= 0.3 is 0 Å². The summed E-state index contributed by atoms with van der Waals surface area (Å²) < 4.78 is 5.90. The number of nitrogens with zero attached hydrogens (tertiary/aromatic N) is 1. The van der Waals surface area contributed by atoms with Crippen molar-refractivity contribution in [3.8, 4) is 5.75 Å². The predicted molar refractivity (Wildman–Crippen MR) is 99.0 cm³/mol. The van der Waals surface area contributed by atoms with E-state index in [0.29, 0.717) is 12.6 Å². The van der Waals surface area contributed by atoms with Gasteiger partial charge in [0, 0.05) is 25.7 Å². The molecule has 0 radical (unpaired) electrons. The minimum atomic E-state index is -0.166. The summed E-state index contributed by atoms with van der Waals surface area (Å²) in [4.78, 5) is 2.46. The highest BCUT2D eigenvalue weighted by atomic mass is 16.5. The van der Waals surface area contributed by atoms with Gasteiger partial charge in [0.15, 0.2) is 0 Å². The van der Waals surface area contributed by atoms with Crippen molar-refractivity contribution in [2.24, 2.45) is 5.73 Å². The molecule has 0 saturated carbocycles. The molecular formula is C21H28N2O. The molecule has 0 saturated heterocycles. The van der Waals surface area contributed by atoms with E-state index in [9.17, 15) is 0 Å². The Balaban J connectivity index is 1.72. The molecule has 1 heterocycles. The summed E-state index contributed by atoms with van der Waals surface area (Å²) in [5.41, 5.74) is 11.3. The van der Waals surface area contributed by atoms with E-state index in [-0.39, 0.29) is 5.60 Å². The fourth-order valence-corrected chi connectivity index (χ4v) is 3.39. The molecule has 0 aromatic heterocycles.